The van der Waals surface area contributed by atoms with Crippen LogP contribution in [-0.2, 0) is 20.9 Å². The molecule has 2 amide bonds. The summed E-state index contributed by atoms with van der Waals surface area (Å²) >= 11 is 1.56. The van der Waals surface area contributed by atoms with Gasteiger partial charge in [-0.3, -0.25) is 9.59 Å². The molecule has 0 aliphatic rings. The maximum atomic E-state index is 12.3. The minimum atomic E-state index is -0.665. The van der Waals surface area contributed by atoms with E-state index in [0.717, 1.165) is 5.56 Å². The van der Waals surface area contributed by atoms with Crippen molar-refractivity contribution in [3.8, 4) is 0 Å². The number of likely N-dealkylation sites (N-methyl/N-ethyl adjacent to an activating group) is 1. The Balaban J connectivity index is 2.58. The minimum absolute atomic E-state index is 0.120. The van der Waals surface area contributed by atoms with Crippen LogP contribution in [-0.4, -0.2) is 34.4 Å². The van der Waals surface area contributed by atoms with Crippen LogP contribution in [0.3, 0.4) is 0 Å². The Morgan fingerprint density at radius 1 is 1.08 bits per heavy atom. The van der Waals surface area contributed by atoms with Gasteiger partial charge in [-0.05, 0) is 37.1 Å². The zero-order valence-electron chi connectivity index (χ0n) is 15.5. The first kappa shape index (κ1) is 22.4. The van der Waals surface area contributed by atoms with Crippen molar-refractivity contribution < 1.29 is 19.1 Å². The highest BCUT2D eigenvalue weighted by Gasteiger charge is 2.24. The van der Waals surface area contributed by atoms with E-state index >= 15 is 0 Å². The smallest absolute Gasteiger partial charge is 0.367 e. The zero-order valence-corrected chi connectivity index (χ0v) is 17.6. The van der Waals surface area contributed by atoms with Crippen LogP contribution >= 0.6 is 22.6 Å². The predicted octanol–water partition coefficient (Wildman–Crippen LogP) is 2.84. The van der Waals surface area contributed by atoms with E-state index in [1.54, 1.807) is 53.8 Å². The van der Waals surface area contributed by atoms with Crippen molar-refractivity contribution in [2.75, 3.05) is 11.9 Å². The average Bonchev–Trinajstić information content (AvgIpc) is 2.58. The SMILES string of the molecule is CCN[C@H](C(=O)N[C@@H](C)C(=O)Nc1ccc(COC(=O)I)cc1)C(C)C. The van der Waals surface area contributed by atoms with Gasteiger partial charge in [0, 0.05) is 5.69 Å². The van der Waals surface area contributed by atoms with Gasteiger partial charge in [0.1, 0.15) is 12.6 Å². The van der Waals surface area contributed by atoms with Crippen LogP contribution < -0.4 is 16.0 Å². The van der Waals surface area contributed by atoms with E-state index in [0.29, 0.717) is 12.2 Å². The molecule has 1 rings (SSSR count). The normalized spacial score (nSPS) is 13.0. The summed E-state index contributed by atoms with van der Waals surface area (Å²) in [5, 5.41) is 8.62. The van der Waals surface area contributed by atoms with Crippen LogP contribution in [0.2, 0.25) is 0 Å². The molecule has 3 N–H and O–H groups in total. The molecular formula is C18H26IN3O4. The van der Waals surface area contributed by atoms with Gasteiger partial charge in [0.05, 0.1) is 28.6 Å². The van der Waals surface area contributed by atoms with Gasteiger partial charge in [-0.1, -0.05) is 32.9 Å². The maximum Gasteiger partial charge on any atom is 0.367 e. The third-order valence-electron chi connectivity index (χ3n) is 3.70. The van der Waals surface area contributed by atoms with Crippen LogP contribution in [0.1, 0.15) is 33.3 Å². The van der Waals surface area contributed by atoms with Gasteiger partial charge >= 0.3 is 3.98 Å². The molecule has 0 spiro atoms. The van der Waals surface area contributed by atoms with Gasteiger partial charge in [-0.2, -0.15) is 0 Å². The van der Waals surface area contributed by atoms with E-state index in [1.165, 1.54) is 0 Å². The standard InChI is InChI=1S/C18H26IN3O4/c1-5-20-15(11(2)3)17(24)21-12(4)16(23)22-14-8-6-13(7-9-14)10-26-18(19)25/h6-9,11-12,15,20H,5,10H2,1-4H3,(H,21,24)(H,22,23)/t12-,15-/m0/s1. The van der Waals surface area contributed by atoms with Crippen LogP contribution in [0.5, 0.6) is 0 Å². The van der Waals surface area contributed by atoms with Crippen LogP contribution in [0.25, 0.3) is 0 Å². The third-order valence-corrected chi connectivity index (χ3v) is 4.01. The number of rotatable bonds is 9. The van der Waals surface area contributed by atoms with Crippen molar-refractivity contribution in [2.24, 2.45) is 5.92 Å². The highest BCUT2D eigenvalue weighted by atomic mass is 127. The molecular weight excluding hydrogens is 449 g/mol. The molecule has 0 heterocycles. The van der Waals surface area contributed by atoms with E-state index in [1.807, 2.05) is 20.8 Å². The van der Waals surface area contributed by atoms with E-state index in [4.69, 9.17) is 4.74 Å². The van der Waals surface area contributed by atoms with Gasteiger partial charge in [-0.15, -0.1) is 0 Å². The van der Waals surface area contributed by atoms with Crippen LogP contribution in [0, 0.1) is 5.92 Å². The maximum absolute atomic E-state index is 12.3. The second kappa shape index (κ2) is 11.1. The molecule has 0 bridgehead atoms. The van der Waals surface area contributed by atoms with Gasteiger partial charge in [0.15, 0.2) is 0 Å². The first-order valence-electron chi connectivity index (χ1n) is 8.50. The Morgan fingerprint density at radius 2 is 1.69 bits per heavy atom. The van der Waals surface area contributed by atoms with Crippen LogP contribution in [0.15, 0.2) is 24.3 Å². The second-order valence-corrected chi connectivity index (χ2v) is 7.10. The largest absolute Gasteiger partial charge is 0.453 e. The fourth-order valence-electron chi connectivity index (χ4n) is 2.29. The number of hydrogen-bond acceptors (Lipinski definition) is 5. The summed E-state index contributed by atoms with van der Waals surface area (Å²) in [4.78, 5) is 35.4. The Morgan fingerprint density at radius 3 is 2.19 bits per heavy atom. The lowest BCUT2D eigenvalue weighted by molar-refractivity contribution is -0.128. The van der Waals surface area contributed by atoms with Crippen molar-refractivity contribution in [2.45, 2.75) is 46.4 Å². The number of amides is 2. The number of nitrogens with one attached hydrogen (secondary N) is 3. The Labute approximate surface area is 167 Å². The minimum Gasteiger partial charge on any atom is -0.453 e. The third kappa shape index (κ3) is 7.69. The molecule has 0 fully saturated rings. The van der Waals surface area contributed by atoms with E-state index in [-0.39, 0.29) is 34.4 Å². The molecule has 0 aliphatic heterocycles. The number of anilines is 1. The summed E-state index contributed by atoms with van der Waals surface area (Å²) in [6.45, 7) is 8.34. The number of carbonyl (C=O) groups excluding carboxylic acids is 3. The van der Waals surface area contributed by atoms with Crippen molar-refractivity contribution in [1.82, 2.24) is 10.6 Å². The molecule has 1 aromatic rings. The fraction of sp³-hybridized carbons (Fsp3) is 0.500. The van der Waals surface area contributed by atoms with Gasteiger partial charge in [0.25, 0.3) is 0 Å². The number of benzene rings is 1. The Hall–Kier alpha value is -1.68. The summed E-state index contributed by atoms with van der Waals surface area (Å²) in [7, 11) is 0. The first-order valence-corrected chi connectivity index (χ1v) is 9.58. The highest BCUT2D eigenvalue weighted by Crippen LogP contribution is 2.12. The predicted molar refractivity (Wildman–Crippen MR) is 109 cm³/mol. The molecule has 0 saturated carbocycles. The van der Waals surface area contributed by atoms with Crippen molar-refractivity contribution in [1.29, 1.82) is 0 Å². The zero-order chi connectivity index (χ0) is 19.7. The molecule has 0 aromatic heterocycles. The fourth-order valence-corrected chi connectivity index (χ4v) is 2.45. The van der Waals surface area contributed by atoms with E-state index < -0.39 is 6.04 Å². The van der Waals surface area contributed by atoms with Gasteiger partial charge in [0.2, 0.25) is 11.8 Å². The molecule has 26 heavy (non-hydrogen) atoms. The highest BCUT2D eigenvalue weighted by molar-refractivity contribution is 14.1. The summed E-state index contributed by atoms with van der Waals surface area (Å²) < 4.78 is 4.53. The lowest BCUT2D eigenvalue weighted by Gasteiger charge is -2.23. The molecule has 8 heteroatoms. The summed E-state index contributed by atoms with van der Waals surface area (Å²) in [5.41, 5.74) is 1.42. The Kier molecular flexibility index (Phi) is 9.57. The van der Waals surface area contributed by atoms with Crippen molar-refractivity contribution >= 4 is 44.1 Å². The second-order valence-electron chi connectivity index (χ2n) is 6.22. The average molecular weight is 475 g/mol. The lowest BCUT2D eigenvalue weighted by Crippen LogP contribution is -2.52. The summed E-state index contributed by atoms with van der Waals surface area (Å²) in [6.07, 6.45) is 0. The quantitative estimate of drug-likeness (QED) is 0.377. The molecule has 144 valence electrons. The molecule has 0 radical (unpaired) electrons. The van der Waals surface area contributed by atoms with Gasteiger partial charge < -0.3 is 20.7 Å². The molecule has 1 aromatic carbocycles. The molecule has 7 nitrogen and oxygen atoms in total. The summed E-state index contributed by atoms with van der Waals surface area (Å²) in [5.74, 6) is -0.376. The summed E-state index contributed by atoms with van der Waals surface area (Å²) in [6, 6.07) is 5.96. The topological polar surface area (TPSA) is 96.5 Å². The van der Waals surface area contributed by atoms with E-state index in [2.05, 4.69) is 16.0 Å². The number of ether oxygens (including phenoxy) is 1. The molecule has 0 unspecified atom stereocenters. The van der Waals surface area contributed by atoms with Crippen LogP contribution in [0.4, 0.5) is 10.5 Å². The van der Waals surface area contributed by atoms with Crippen molar-refractivity contribution in [3.05, 3.63) is 29.8 Å². The van der Waals surface area contributed by atoms with Gasteiger partial charge in [-0.25, -0.2) is 4.79 Å². The molecule has 2 atom stereocenters. The van der Waals surface area contributed by atoms with E-state index in [9.17, 15) is 14.4 Å². The first-order chi connectivity index (χ1) is 12.2. The Bertz CT molecular complexity index is 619. The number of carbonyl (C=O) groups is 3. The lowest BCUT2D eigenvalue weighted by atomic mass is 10.0. The molecule has 0 saturated heterocycles. The monoisotopic (exact) mass is 475 g/mol. The number of halogens is 1. The number of hydrogen-bond donors (Lipinski definition) is 3. The molecule has 0 aliphatic carbocycles. The van der Waals surface area contributed by atoms with Crippen molar-refractivity contribution in [3.63, 3.8) is 0 Å².